The number of nitrogens with one attached hydrogen (secondary N) is 1. The van der Waals surface area contributed by atoms with Crippen LogP contribution >= 0.6 is 11.8 Å². The highest BCUT2D eigenvalue weighted by Gasteiger charge is 2.37. The van der Waals surface area contributed by atoms with Crippen molar-refractivity contribution in [1.29, 1.82) is 0 Å². The van der Waals surface area contributed by atoms with Gasteiger partial charge in [0.15, 0.2) is 5.17 Å². The SMILES string of the molecule is c1cnnc(CN=C2NC3(CCCCC3)CS2)c1. The van der Waals surface area contributed by atoms with E-state index in [1.165, 1.54) is 37.9 Å². The minimum Gasteiger partial charge on any atom is -0.359 e. The van der Waals surface area contributed by atoms with Gasteiger partial charge in [0.2, 0.25) is 0 Å². The number of aliphatic imine (C=N–C) groups is 1. The first-order valence-electron chi connectivity index (χ1n) is 6.58. The zero-order valence-corrected chi connectivity index (χ0v) is 11.2. The van der Waals surface area contributed by atoms with E-state index in [1.807, 2.05) is 23.9 Å². The van der Waals surface area contributed by atoms with Gasteiger partial charge in [-0.05, 0) is 25.0 Å². The molecule has 3 rings (SSSR count). The fourth-order valence-electron chi connectivity index (χ4n) is 2.66. The lowest BCUT2D eigenvalue weighted by molar-refractivity contribution is 0.303. The molecule has 0 atom stereocenters. The third kappa shape index (κ3) is 2.66. The van der Waals surface area contributed by atoms with Gasteiger partial charge in [0, 0.05) is 17.5 Å². The average Bonchev–Trinajstić information content (AvgIpc) is 2.82. The third-order valence-corrected chi connectivity index (χ3v) is 4.88. The summed E-state index contributed by atoms with van der Waals surface area (Å²) in [5, 5.41) is 12.6. The summed E-state index contributed by atoms with van der Waals surface area (Å²) in [6, 6.07) is 3.87. The molecule has 0 radical (unpaired) electrons. The second-order valence-corrected chi connectivity index (χ2v) is 6.06. The van der Waals surface area contributed by atoms with Crippen molar-refractivity contribution < 1.29 is 0 Å². The highest BCUT2D eigenvalue weighted by atomic mass is 32.2. The van der Waals surface area contributed by atoms with Crippen molar-refractivity contribution in [3.05, 3.63) is 24.0 Å². The van der Waals surface area contributed by atoms with Crippen molar-refractivity contribution >= 4 is 16.9 Å². The zero-order valence-electron chi connectivity index (χ0n) is 10.4. The molecule has 0 amide bonds. The molecule has 1 aliphatic heterocycles. The summed E-state index contributed by atoms with van der Waals surface area (Å²) in [4.78, 5) is 4.61. The number of aromatic nitrogens is 2. The first-order chi connectivity index (χ1) is 8.86. The van der Waals surface area contributed by atoms with Gasteiger partial charge in [0.25, 0.3) is 0 Å². The predicted octanol–water partition coefficient (Wildman–Crippen LogP) is 2.37. The second-order valence-electron chi connectivity index (χ2n) is 5.09. The first-order valence-corrected chi connectivity index (χ1v) is 7.57. The van der Waals surface area contributed by atoms with Crippen LogP contribution in [0.2, 0.25) is 0 Å². The van der Waals surface area contributed by atoms with Gasteiger partial charge >= 0.3 is 0 Å². The van der Waals surface area contributed by atoms with E-state index in [0.717, 1.165) is 10.9 Å². The van der Waals surface area contributed by atoms with Gasteiger partial charge in [-0.2, -0.15) is 10.2 Å². The Morgan fingerprint density at radius 1 is 1.33 bits per heavy atom. The Balaban J connectivity index is 1.61. The van der Waals surface area contributed by atoms with E-state index in [9.17, 15) is 0 Å². The van der Waals surface area contributed by atoms with Crippen LogP contribution in [0.25, 0.3) is 0 Å². The quantitative estimate of drug-likeness (QED) is 0.889. The fraction of sp³-hybridized carbons (Fsp3) is 0.615. The Labute approximate surface area is 112 Å². The summed E-state index contributed by atoms with van der Waals surface area (Å²) in [6.45, 7) is 0.624. The van der Waals surface area contributed by atoms with Crippen molar-refractivity contribution in [2.24, 2.45) is 4.99 Å². The van der Waals surface area contributed by atoms with E-state index in [-0.39, 0.29) is 0 Å². The summed E-state index contributed by atoms with van der Waals surface area (Å²) >= 11 is 1.86. The van der Waals surface area contributed by atoms with Crippen LogP contribution in [0.15, 0.2) is 23.3 Å². The standard InChI is InChI=1S/C13H18N4S/c1-2-6-13(7-3-1)10-18-12(16-13)14-9-11-5-4-8-15-17-11/h4-5,8H,1-3,6-7,9-10H2,(H,14,16). The largest absolute Gasteiger partial charge is 0.359 e. The van der Waals surface area contributed by atoms with Crippen LogP contribution in [-0.4, -0.2) is 26.7 Å². The van der Waals surface area contributed by atoms with E-state index in [4.69, 9.17) is 0 Å². The Kier molecular flexibility index (Phi) is 3.50. The van der Waals surface area contributed by atoms with Gasteiger partial charge in [-0.15, -0.1) is 0 Å². The Hall–Kier alpha value is -1.10. The van der Waals surface area contributed by atoms with E-state index >= 15 is 0 Å². The lowest BCUT2D eigenvalue weighted by atomic mass is 9.83. The molecular weight excluding hydrogens is 244 g/mol. The number of amidine groups is 1. The molecule has 1 aromatic heterocycles. The maximum Gasteiger partial charge on any atom is 0.157 e. The van der Waals surface area contributed by atoms with Crippen molar-refractivity contribution in [1.82, 2.24) is 15.5 Å². The lowest BCUT2D eigenvalue weighted by Crippen LogP contribution is -2.45. The number of nitrogens with zero attached hydrogens (tertiary/aromatic N) is 3. The zero-order chi connectivity index (χ0) is 12.3. The number of rotatable bonds is 2. The highest BCUT2D eigenvalue weighted by molar-refractivity contribution is 8.14. The third-order valence-electron chi connectivity index (χ3n) is 3.68. The van der Waals surface area contributed by atoms with Crippen LogP contribution in [0.5, 0.6) is 0 Å². The minimum absolute atomic E-state index is 0.337. The number of hydrogen-bond acceptors (Lipinski definition) is 4. The summed E-state index contributed by atoms with van der Waals surface area (Å²) in [7, 11) is 0. The van der Waals surface area contributed by atoms with Crippen LogP contribution < -0.4 is 5.32 Å². The molecule has 2 fully saturated rings. The van der Waals surface area contributed by atoms with Crippen molar-refractivity contribution in [2.45, 2.75) is 44.2 Å². The van der Waals surface area contributed by atoms with Crippen LogP contribution in [0.3, 0.4) is 0 Å². The van der Waals surface area contributed by atoms with E-state index < -0.39 is 0 Å². The molecule has 2 aliphatic rings. The Bertz CT molecular complexity index is 426. The normalized spacial score (nSPS) is 24.3. The lowest BCUT2D eigenvalue weighted by Gasteiger charge is -2.32. The molecule has 0 aromatic carbocycles. The molecule has 0 unspecified atom stereocenters. The molecule has 96 valence electrons. The summed E-state index contributed by atoms with van der Waals surface area (Å²) in [6.07, 6.45) is 8.38. The van der Waals surface area contributed by atoms with Crippen molar-refractivity contribution in [2.75, 3.05) is 5.75 Å². The van der Waals surface area contributed by atoms with Crippen LogP contribution in [0.1, 0.15) is 37.8 Å². The topological polar surface area (TPSA) is 50.2 Å². The minimum atomic E-state index is 0.337. The van der Waals surface area contributed by atoms with Gasteiger partial charge in [-0.3, -0.25) is 4.99 Å². The molecule has 1 spiro atoms. The van der Waals surface area contributed by atoms with Crippen LogP contribution in [0.4, 0.5) is 0 Å². The van der Waals surface area contributed by atoms with Gasteiger partial charge in [0.05, 0.1) is 12.2 Å². The van der Waals surface area contributed by atoms with Crippen LogP contribution in [0, 0.1) is 0 Å². The van der Waals surface area contributed by atoms with E-state index in [2.05, 4.69) is 20.5 Å². The number of hydrogen-bond donors (Lipinski definition) is 1. The van der Waals surface area contributed by atoms with Gasteiger partial charge in [-0.25, -0.2) is 0 Å². The molecule has 1 saturated carbocycles. The molecule has 18 heavy (non-hydrogen) atoms. The molecule has 1 aromatic rings. The smallest absolute Gasteiger partial charge is 0.157 e. The Morgan fingerprint density at radius 3 is 3.00 bits per heavy atom. The molecule has 5 heteroatoms. The fourth-order valence-corrected chi connectivity index (χ4v) is 3.88. The molecule has 1 aliphatic carbocycles. The van der Waals surface area contributed by atoms with E-state index in [1.54, 1.807) is 6.20 Å². The average molecular weight is 262 g/mol. The molecule has 1 saturated heterocycles. The van der Waals surface area contributed by atoms with E-state index in [0.29, 0.717) is 12.1 Å². The molecule has 0 bridgehead atoms. The highest BCUT2D eigenvalue weighted by Crippen LogP contribution is 2.36. The van der Waals surface area contributed by atoms with Crippen molar-refractivity contribution in [3.63, 3.8) is 0 Å². The monoisotopic (exact) mass is 262 g/mol. The molecule has 4 nitrogen and oxygen atoms in total. The Morgan fingerprint density at radius 2 is 2.22 bits per heavy atom. The van der Waals surface area contributed by atoms with Crippen LogP contribution in [-0.2, 0) is 6.54 Å². The molecule has 1 N–H and O–H groups in total. The summed E-state index contributed by atoms with van der Waals surface area (Å²) in [5.41, 5.74) is 1.27. The maximum absolute atomic E-state index is 4.61. The second kappa shape index (κ2) is 5.26. The van der Waals surface area contributed by atoms with Gasteiger partial charge in [-0.1, -0.05) is 31.0 Å². The van der Waals surface area contributed by atoms with Gasteiger partial charge < -0.3 is 5.32 Å². The van der Waals surface area contributed by atoms with Crippen molar-refractivity contribution in [3.8, 4) is 0 Å². The maximum atomic E-state index is 4.61. The van der Waals surface area contributed by atoms with Gasteiger partial charge in [0.1, 0.15) is 0 Å². The molecular formula is C13H18N4S. The first kappa shape index (κ1) is 12.0. The predicted molar refractivity (Wildman–Crippen MR) is 74.6 cm³/mol. The molecule has 2 heterocycles. The summed E-state index contributed by atoms with van der Waals surface area (Å²) in [5.74, 6) is 1.17. The number of thioether (sulfide) groups is 1. The summed E-state index contributed by atoms with van der Waals surface area (Å²) < 4.78 is 0.